The standard InChI is InChI=1S/C23H24ClFN4O4/c24-16-4-1-3-15(19(16)25)11-26-23(33)29(13-14-5-6-14)10-2-8-28-18(29)12-27-9-7-17(30)21(31)20(27)22(28)32/h1,3-4,7,9,14,18H,2,5-6,8,10-13H2,(H-,26,31,32,33)/p+1. The van der Waals surface area contributed by atoms with E-state index in [9.17, 15) is 23.9 Å². The summed E-state index contributed by atoms with van der Waals surface area (Å²) < 4.78 is 16.0. The van der Waals surface area contributed by atoms with Crippen molar-refractivity contribution in [3.8, 4) is 5.75 Å². The molecule has 2 unspecified atom stereocenters. The van der Waals surface area contributed by atoms with Gasteiger partial charge in [0.05, 0.1) is 31.2 Å². The molecular formula is C23H25ClFN4O4+. The van der Waals surface area contributed by atoms with Crippen molar-refractivity contribution in [2.24, 2.45) is 5.92 Å². The van der Waals surface area contributed by atoms with E-state index in [4.69, 9.17) is 11.6 Å². The van der Waals surface area contributed by atoms with Crippen molar-refractivity contribution in [3.05, 3.63) is 62.8 Å². The molecule has 3 amide bonds. The van der Waals surface area contributed by atoms with Gasteiger partial charge in [-0.3, -0.25) is 14.5 Å². The number of halogens is 2. The lowest BCUT2D eigenvalue weighted by Crippen LogP contribution is -2.74. The maximum atomic E-state index is 14.4. The summed E-state index contributed by atoms with van der Waals surface area (Å²) in [5, 5.41) is 13.1. The smallest absolute Gasteiger partial charge is 0.418 e. The number of urea groups is 1. The van der Waals surface area contributed by atoms with Crippen molar-refractivity contribution in [3.63, 3.8) is 0 Å². The molecule has 33 heavy (non-hydrogen) atoms. The quantitative estimate of drug-likeness (QED) is 0.665. The fourth-order valence-corrected chi connectivity index (χ4v) is 5.33. The summed E-state index contributed by atoms with van der Waals surface area (Å²) in [7, 11) is 0. The van der Waals surface area contributed by atoms with Crippen molar-refractivity contribution >= 4 is 23.5 Å². The van der Waals surface area contributed by atoms with E-state index in [0.29, 0.717) is 37.5 Å². The summed E-state index contributed by atoms with van der Waals surface area (Å²) in [6, 6.07) is 5.62. The molecule has 1 saturated heterocycles. The van der Waals surface area contributed by atoms with Crippen LogP contribution < -0.4 is 10.7 Å². The number of aromatic hydroxyl groups is 1. The van der Waals surface area contributed by atoms with E-state index in [0.717, 1.165) is 12.8 Å². The van der Waals surface area contributed by atoms with Crippen molar-refractivity contribution < 1.29 is 23.6 Å². The minimum Gasteiger partial charge on any atom is -0.503 e. The van der Waals surface area contributed by atoms with Gasteiger partial charge >= 0.3 is 6.03 Å². The molecule has 1 aromatic heterocycles. The second kappa shape index (κ2) is 8.14. The first-order valence-corrected chi connectivity index (χ1v) is 11.5. The predicted molar refractivity (Wildman–Crippen MR) is 118 cm³/mol. The molecule has 1 aliphatic carbocycles. The summed E-state index contributed by atoms with van der Waals surface area (Å²) >= 11 is 5.88. The number of carbonyl (C=O) groups excluding carboxylic acids is 2. The second-order valence-electron chi connectivity index (χ2n) is 9.12. The number of hydrogen-bond acceptors (Lipinski definition) is 4. The van der Waals surface area contributed by atoms with E-state index in [2.05, 4.69) is 5.32 Å². The molecule has 10 heteroatoms. The average molecular weight is 476 g/mol. The monoisotopic (exact) mass is 475 g/mol. The van der Waals surface area contributed by atoms with Gasteiger partial charge in [-0.25, -0.2) is 13.7 Å². The van der Waals surface area contributed by atoms with Gasteiger partial charge in [-0.2, -0.15) is 0 Å². The molecule has 1 aromatic carbocycles. The molecule has 174 valence electrons. The second-order valence-corrected chi connectivity index (χ2v) is 9.52. The fraction of sp³-hybridized carbons (Fsp3) is 0.435. The van der Waals surface area contributed by atoms with Crippen LogP contribution in [0.5, 0.6) is 5.75 Å². The predicted octanol–water partition coefficient (Wildman–Crippen LogP) is 2.67. The van der Waals surface area contributed by atoms with Crippen molar-refractivity contribution in [1.82, 2.24) is 14.8 Å². The van der Waals surface area contributed by atoms with Gasteiger partial charge in [0.15, 0.2) is 17.6 Å². The van der Waals surface area contributed by atoms with Gasteiger partial charge in [0.1, 0.15) is 5.82 Å². The van der Waals surface area contributed by atoms with E-state index >= 15 is 0 Å². The number of amides is 3. The number of carbonyl (C=O) groups is 2. The van der Waals surface area contributed by atoms with Gasteiger partial charge in [-0.1, -0.05) is 23.7 Å². The van der Waals surface area contributed by atoms with Crippen LogP contribution in [-0.2, 0) is 13.1 Å². The normalized spacial score (nSPS) is 24.2. The Morgan fingerprint density at radius 1 is 1.27 bits per heavy atom. The summed E-state index contributed by atoms with van der Waals surface area (Å²) in [6.45, 7) is 1.84. The highest BCUT2D eigenvalue weighted by Crippen LogP contribution is 2.39. The molecule has 0 radical (unpaired) electrons. The van der Waals surface area contributed by atoms with E-state index < -0.39 is 29.1 Å². The molecule has 2 aromatic rings. The van der Waals surface area contributed by atoms with Crippen molar-refractivity contribution in [2.45, 2.75) is 38.5 Å². The van der Waals surface area contributed by atoms with Crippen LogP contribution in [0.3, 0.4) is 0 Å². The number of pyridine rings is 1. The first kappa shape index (κ1) is 21.9. The molecule has 2 fully saturated rings. The molecule has 3 aliphatic rings. The highest BCUT2D eigenvalue weighted by atomic mass is 35.5. The molecule has 3 heterocycles. The SMILES string of the molecule is O=C1c2c(O)c(=O)ccn2CC2N1CCC[N+]2(CC1CC1)C(=O)NCc1cccc(Cl)c1F. The molecule has 0 bridgehead atoms. The van der Waals surface area contributed by atoms with Crippen molar-refractivity contribution in [1.29, 1.82) is 0 Å². The number of rotatable bonds is 4. The van der Waals surface area contributed by atoms with Gasteiger partial charge in [-0.15, -0.1) is 0 Å². The average Bonchev–Trinajstić information content (AvgIpc) is 3.61. The third-order valence-electron chi connectivity index (χ3n) is 7.01. The maximum absolute atomic E-state index is 14.4. The Morgan fingerprint density at radius 2 is 2.06 bits per heavy atom. The number of nitrogens with zero attached hydrogens (tertiary/aromatic N) is 3. The van der Waals surface area contributed by atoms with Crippen LogP contribution in [0.2, 0.25) is 5.02 Å². The molecule has 2 aliphatic heterocycles. The lowest BCUT2D eigenvalue weighted by molar-refractivity contribution is -0.896. The Bertz CT molecular complexity index is 1200. The van der Waals surface area contributed by atoms with Gasteiger partial charge in [0.25, 0.3) is 5.91 Å². The van der Waals surface area contributed by atoms with Crippen LogP contribution >= 0.6 is 11.6 Å². The topological polar surface area (TPSA) is 91.6 Å². The van der Waals surface area contributed by atoms with Crippen LogP contribution in [0, 0.1) is 11.7 Å². The van der Waals surface area contributed by atoms with E-state index in [1.165, 1.54) is 18.3 Å². The molecule has 5 rings (SSSR count). The molecule has 0 spiro atoms. The highest BCUT2D eigenvalue weighted by molar-refractivity contribution is 6.30. The Kier molecular flexibility index (Phi) is 5.41. The fourth-order valence-electron chi connectivity index (χ4n) is 5.14. The van der Waals surface area contributed by atoms with Gasteiger partial charge in [-0.05, 0) is 18.9 Å². The Balaban J connectivity index is 1.49. The lowest BCUT2D eigenvalue weighted by Gasteiger charge is -2.51. The summed E-state index contributed by atoms with van der Waals surface area (Å²) in [6.07, 6.45) is 3.67. The number of nitrogens with one attached hydrogen (secondary N) is 1. The molecular weight excluding hydrogens is 451 g/mol. The number of aromatic nitrogens is 1. The molecule has 1 saturated carbocycles. The number of quaternary nitrogens is 1. The van der Waals surface area contributed by atoms with Crippen molar-refractivity contribution in [2.75, 3.05) is 19.6 Å². The first-order valence-electron chi connectivity index (χ1n) is 11.1. The molecule has 8 nitrogen and oxygen atoms in total. The minimum atomic E-state index is -0.606. The van der Waals surface area contributed by atoms with Crippen LogP contribution in [0.25, 0.3) is 0 Å². The van der Waals surface area contributed by atoms with Crippen LogP contribution in [0.1, 0.15) is 35.3 Å². The number of fused-ring (bicyclic) bond motifs is 2. The molecule has 2 N–H and O–H groups in total. The zero-order valence-electron chi connectivity index (χ0n) is 18.0. The maximum Gasteiger partial charge on any atom is 0.418 e. The van der Waals surface area contributed by atoms with Gasteiger partial charge in [0.2, 0.25) is 5.43 Å². The summed E-state index contributed by atoms with van der Waals surface area (Å²) in [5.41, 5.74) is -0.349. The van der Waals surface area contributed by atoms with Crippen LogP contribution in [-0.4, -0.2) is 56.8 Å². The zero-order valence-corrected chi connectivity index (χ0v) is 18.7. The molecule has 2 atom stereocenters. The first-order chi connectivity index (χ1) is 15.8. The number of benzene rings is 1. The van der Waals surface area contributed by atoms with Crippen LogP contribution in [0.15, 0.2) is 35.3 Å². The number of hydrogen-bond donors (Lipinski definition) is 2. The third-order valence-corrected chi connectivity index (χ3v) is 7.30. The summed E-state index contributed by atoms with van der Waals surface area (Å²) in [4.78, 5) is 40.5. The van der Waals surface area contributed by atoms with E-state index in [1.807, 2.05) is 0 Å². The Labute approximate surface area is 194 Å². The van der Waals surface area contributed by atoms with E-state index in [1.54, 1.807) is 21.6 Å². The zero-order chi connectivity index (χ0) is 23.3. The Morgan fingerprint density at radius 3 is 2.82 bits per heavy atom. The highest BCUT2D eigenvalue weighted by Gasteiger charge is 2.55. The lowest BCUT2D eigenvalue weighted by atomic mass is 10.0. The van der Waals surface area contributed by atoms with Gasteiger partial charge in [0, 0.05) is 36.7 Å². The van der Waals surface area contributed by atoms with Crippen LogP contribution in [0.4, 0.5) is 9.18 Å². The minimum absolute atomic E-state index is 0.00351. The van der Waals surface area contributed by atoms with Gasteiger partial charge < -0.3 is 15.0 Å². The third kappa shape index (κ3) is 3.69. The summed E-state index contributed by atoms with van der Waals surface area (Å²) in [5.74, 6) is -1.19. The van der Waals surface area contributed by atoms with E-state index in [-0.39, 0.29) is 34.3 Å². The largest absolute Gasteiger partial charge is 0.503 e. The Hall–Kier alpha value is -2.91.